The molecule has 2 rings (SSSR count). The quantitative estimate of drug-likeness (QED) is 0.837. The molecule has 0 aliphatic heterocycles. The Hall–Kier alpha value is -1.84. The van der Waals surface area contributed by atoms with Crippen molar-refractivity contribution in [3.8, 4) is 0 Å². The number of hydrogen-bond acceptors (Lipinski definition) is 2. The fraction of sp³-hybridized carbons (Fsp3) is 0.500. The zero-order valence-electron chi connectivity index (χ0n) is 12.2. The van der Waals surface area contributed by atoms with Gasteiger partial charge in [-0.2, -0.15) is 0 Å². The van der Waals surface area contributed by atoms with Gasteiger partial charge in [-0.05, 0) is 37.0 Å². The Morgan fingerprint density at radius 1 is 1.20 bits per heavy atom. The number of hydrogen-bond donors (Lipinski definition) is 2. The number of unbranched alkanes of at least 4 members (excludes halogenated alkanes) is 1. The highest BCUT2D eigenvalue weighted by Crippen LogP contribution is 2.48. The molecule has 1 aromatic rings. The number of benzene rings is 1. The normalized spacial score (nSPS) is 15.5. The predicted molar refractivity (Wildman–Crippen MR) is 79.6 cm³/mol. The maximum Gasteiger partial charge on any atom is 0.230 e. The van der Waals surface area contributed by atoms with Crippen LogP contribution in [0, 0.1) is 0 Å². The van der Waals surface area contributed by atoms with E-state index in [1.165, 1.54) is 0 Å². The summed E-state index contributed by atoms with van der Waals surface area (Å²) in [5, 5.41) is 5.61. The molecule has 4 heteroatoms. The van der Waals surface area contributed by atoms with Gasteiger partial charge >= 0.3 is 0 Å². The highest BCUT2D eigenvalue weighted by atomic mass is 16.2. The van der Waals surface area contributed by atoms with Gasteiger partial charge in [0.1, 0.15) is 0 Å². The second-order valence-electron chi connectivity index (χ2n) is 5.39. The van der Waals surface area contributed by atoms with E-state index in [9.17, 15) is 9.59 Å². The van der Waals surface area contributed by atoms with Crippen LogP contribution >= 0.6 is 0 Å². The molecule has 0 saturated heterocycles. The molecule has 1 aliphatic rings. The second kappa shape index (κ2) is 6.07. The van der Waals surface area contributed by atoms with Crippen molar-refractivity contribution in [1.82, 2.24) is 5.32 Å². The topological polar surface area (TPSA) is 58.2 Å². The summed E-state index contributed by atoms with van der Waals surface area (Å²) in [5.74, 6) is 0.129. The third-order valence-electron chi connectivity index (χ3n) is 3.89. The minimum atomic E-state index is -0.334. The smallest absolute Gasteiger partial charge is 0.230 e. The number of amides is 2. The molecular weight excluding hydrogens is 252 g/mol. The van der Waals surface area contributed by atoms with E-state index in [0.717, 1.165) is 36.9 Å². The molecule has 1 aromatic carbocycles. The molecule has 0 atom stereocenters. The van der Waals surface area contributed by atoms with Gasteiger partial charge in [0.15, 0.2) is 0 Å². The van der Waals surface area contributed by atoms with E-state index in [-0.39, 0.29) is 17.2 Å². The number of anilines is 1. The fourth-order valence-corrected chi connectivity index (χ4v) is 2.44. The molecule has 1 aliphatic carbocycles. The molecule has 0 unspecified atom stereocenters. The first-order valence-corrected chi connectivity index (χ1v) is 7.25. The van der Waals surface area contributed by atoms with Crippen molar-refractivity contribution in [1.29, 1.82) is 0 Å². The average molecular weight is 274 g/mol. The Morgan fingerprint density at radius 2 is 1.85 bits per heavy atom. The lowest BCUT2D eigenvalue weighted by atomic mass is 9.95. The zero-order chi connectivity index (χ0) is 14.6. The van der Waals surface area contributed by atoms with E-state index in [1.54, 1.807) is 7.05 Å². The summed E-state index contributed by atoms with van der Waals surface area (Å²) in [5.41, 5.74) is 1.49. The van der Waals surface area contributed by atoms with Gasteiger partial charge in [0.25, 0.3) is 0 Å². The first-order chi connectivity index (χ1) is 9.62. The molecule has 2 N–H and O–H groups in total. The molecule has 0 aromatic heterocycles. The van der Waals surface area contributed by atoms with Gasteiger partial charge < -0.3 is 10.6 Å². The van der Waals surface area contributed by atoms with Gasteiger partial charge in [-0.15, -0.1) is 0 Å². The van der Waals surface area contributed by atoms with E-state index in [1.807, 2.05) is 24.3 Å². The van der Waals surface area contributed by atoms with Crippen LogP contribution in [-0.4, -0.2) is 18.9 Å². The summed E-state index contributed by atoms with van der Waals surface area (Å²) in [6.45, 7) is 2.07. The minimum Gasteiger partial charge on any atom is -0.358 e. The van der Waals surface area contributed by atoms with Crippen LogP contribution in [0.4, 0.5) is 5.69 Å². The van der Waals surface area contributed by atoms with Crippen LogP contribution in [0.3, 0.4) is 0 Å². The first kappa shape index (κ1) is 14.6. The Bertz CT molecular complexity index is 490. The van der Waals surface area contributed by atoms with E-state index >= 15 is 0 Å². The number of carbonyl (C=O) groups is 2. The van der Waals surface area contributed by atoms with Crippen molar-refractivity contribution >= 4 is 17.5 Å². The summed E-state index contributed by atoms with van der Waals surface area (Å²) < 4.78 is 0. The van der Waals surface area contributed by atoms with Crippen LogP contribution in [0.1, 0.15) is 44.6 Å². The Kier molecular flexibility index (Phi) is 4.42. The van der Waals surface area contributed by atoms with E-state index in [0.29, 0.717) is 6.42 Å². The summed E-state index contributed by atoms with van der Waals surface area (Å²) >= 11 is 0. The zero-order valence-corrected chi connectivity index (χ0v) is 12.2. The highest BCUT2D eigenvalue weighted by molar-refractivity contribution is 5.92. The first-order valence-electron chi connectivity index (χ1n) is 7.25. The predicted octanol–water partition coefficient (Wildman–Crippen LogP) is 2.59. The maximum absolute atomic E-state index is 11.9. The number of nitrogens with one attached hydrogen (secondary N) is 2. The minimum absolute atomic E-state index is 0.0482. The summed E-state index contributed by atoms with van der Waals surface area (Å²) in [7, 11) is 1.67. The SMILES string of the molecule is CCCCC(=O)Nc1ccc(C2(C(=O)NC)CC2)cc1. The van der Waals surface area contributed by atoms with Crippen molar-refractivity contribution in [2.24, 2.45) is 0 Å². The van der Waals surface area contributed by atoms with Crippen molar-refractivity contribution in [2.45, 2.75) is 44.4 Å². The van der Waals surface area contributed by atoms with Gasteiger partial charge in [0, 0.05) is 19.2 Å². The van der Waals surface area contributed by atoms with Crippen LogP contribution in [0.25, 0.3) is 0 Å². The van der Waals surface area contributed by atoms with E-state index < -0.39 is 0 Å². The lowest BCUT2D eigenvalue weighted by Gasteiger charge is -2.14. The molecule has 0 spiro atoms. The molecule has 0 bridgehead atoms. The van der Waals surface area contributed by atoms with Crippen molar-refractivity contribution in [2.75, 3.05) is 12.4 Å². The van der Waals surface area contributed by atoms with Gasteiger partial charge in [0.05, 0.1) is 5.41 Å². The maximum atomic E-state index is 11.9. The summed E-state index contributed by atoms with van der Waals surface area (Å²) in [6.07, 6.45) is 4.27. The molecule has 20 heavy (non-hydrogen) atoms. The molecule has 0 radical (unpaired) electrons. The number of carbonyl (C=O) groups excluding carboxylic acids is 2. The lowest BCUT2D eigenvalue weighted by Crippen LogP contribution is -2.31. The Morgan fingerprint density at radius 3 is 2.35 bits per heavy atom. The fourth-order valence-electron chi connectivity index (χ4n) is 2.44. The van der Waals surface area contributed by atoms with Crippen LogP contribution in [-0.2, 0) is 15.0 Å². The van der Waals surface area contributed by atoms with Crippen LogP contribution in [0.15, 0.2) is 24.3 Å². The highest BCUT2D eigenvalue weighted by Gasteiger charge is 2.50. The van der Waals surface area contributed by atoms with Crippen LogP contribution in [0.5, 0.6) is 0 Å². The van der Waals surface area contributed by atoms with Crippen molar-refractivity contribution in [3.05, 3.63) is 29.8 Å². The van der Waals surface area contributed by atoms with Crippen LogP contribution in [0.2, 0.25) is 0 Å². The van der Waals surface area contributed by atoms with Gasteiger partial charge in [-0.1, -0.05) is 25.5 Å². The van der Waals surface area contributed by atoms with Gasteiger partial charge in [0.2, 0.25) is 11.8 Å². The Balaban J connectivity index is 2.00. The third kappa shape index (κ3) is 3.00. The lowest BCUT2D eigenvalue weighted by molar-refractivity contribution is -0.123. The van der Waals surface area contributed by atoms with Crippen molar-refractivity contribution in [3.63, 3.8) is 0 Å². The van der Waals surface area contributed by atoms with Gasteiger partial charge in [-0.3, -0.25) is 9.59 Å². The summed E-state index contributed by atoms with van der Waals surface area (Å²) in [4.78, 5) is 23.5. The molecule has 1 saturated carbocycles. The standard InChI is InChI=1S/C16H22N2O2/c1-3-4-5-14(19)18-13-8-6-12(7-9-13)16(10-11-16)15(20)17-2/h6-9H,3-5,10-11H2,1-2H3,(H,17,20)(H,18,19). The average Bonchev–Trinajstić information content (AvgIpc) is 3.26. The molecule has 4 nitrogen and oxygen atoms in total. The third-order valence-corrected chi connectivity index (χ3v) is 3.89. The number of rotatable bonds is 6. The molecule has 108 valence electrons. The monoisotopic (exact) mass is 274 g/mol. The molecule has 0 heterocycles. The molecule has 2 amide bonds. The summed E-state index contributed by atoms with van der Waals surface area (Å²) in [6, 6.07) is 7.64. The van der Waals surface area contributed by atoms with Crippen molar-refractivity contribution < 1.29 is 9.59 Å². The molecule has 1 fully saturated rings. The second-order valence-corrected chi connectivity index (χ2v) is 5.39. The number of likely N-dealkylation sites (N-methyl/N-ethyl adjacent to an activating group) is 1. The Labute approximate surface area is 119 Å². The largest absolute Gasteiger partial charge is 0.358 e. The van der Waals surface area contributed by atoms with E-state index in [2.05, 4.69) is 17.6 Å². The van der Waals surface area contributed by atoms with E-state index in [4.69, 9.17) is 0 Å². The van der Waals surface area contributed by atoms with Gasteiger partial charge in [-0.25, -0.2) is 0 Å². The van der Waals surface area contributed by atoms with Crippen LogP contribution < -0.4 is 10.6 Å². The molecular formula is C16H22N2O2.